The standard InChI is InChI=1S/C31H39N3O5S/c1-4-6-21-32-31(36)29(5-2)33(22-20-25-14-9-7-10-15-25)30(35)24-34(26-16-13-17-27(23-26)39-3)40(37,38)28-18-11-8-12-19-28/h7-19,23,29H,4-6,20-22,24H2,1-3H3,(H,32,36). The number of amides is 2. The number of nitrogens with one attached hydrogen (secondary N) is 1. The first-order valence-electron chi connectivity index (χ1n) is 13.6. The first-order valence-corrected chi connectivity index (χ1v) is 15.1. The van der Waals surface area contributed by atoms with Gasteiger partial charge in [0, 0.05) is 19.2 Å². The van der Waals surface area contributed by atoms with Crippen LogP contribution in [-0.2, 0) is 26.0 Å². The second-order valence-corrected chi connectivity index (χ2v) is 11.3. The van der Waals surface area contributed by atoms with Gasteiger partial charge in [0.15, 0.2) is 0 Å². The van der Waals surface area contributed by atoms with Gasteiger partial charge in [-0.05, 0) is 49.1 Å². The Morgan fingerprint density at radius 2 is 1.60 bits per heavy atom. The van der Waals surface area contributed by atoms with Gasteiger partial charge in [0.2, 0.25) is 11.8 Å². The molecule has 0 fully saturated rings. The van der Waals surface area contributed by atoms with Crippen LogP contribution in [0.2, 0.25) is 0 Å². The lowest BCUT2D eigenvalue weighted by molar-refractivity contribution is -0.139. The van der Waals surface area contributed by atoms with Crippen LogP contribution >= 0.6 is 0 Å². The molecule has 0 heterocycles. The number of methoxy groups -OCH3 is 1. The van der Waals surface area contributed by atoms with Gasteiger partial charge in [0.05, 0.1) is 17.7 Å². The zero-order chi connectivity index (χ0) is 29.0. The summed E-state index contributed by atoms with van der Waals surface area (Å²) in [4.78, 5) is 28.8. The molecule has 0 aliphatic rings. The average molecular weight is 566 g/mol. The van der Waals surface area contributed by atoms with Crippen molar-refractivity contribution in [2.24, 2.45) is 0 Å². The Balaban J connectivity index is 1.99. The summed E-state index contributed by atoms with van der Waals surface area (Å²) in [7, 11) is -2.62. The van der Waals surface area contributed by atoms with Crippen LogP contribution < -0.4 is 14.4 Å². The van der Waals surface area contributed by atoms with Crippen molar-refractivity contribution in [1.29, 1.82) is 0 Å². The first-order chi connectivity index (χ1) is 19.3. The van der Waals surface area contributed by atoms with Gasteiger partial charge in [-0.25, -0.2) is 8.42 Å². The number of nitrogens with zero attached hydrogens (tertiary/aromatic N) is 2. The van der Waals surface area contributed by atoms with Crippen LogP contribution in [0.3, 0.4) is 0 Å². The maximum atomic E-state index is 14.0. The van der Waals surface area contributed by atoms with E-state index < -0.39 is 28.5 Å². The topological polar surface area (TPSA) is 96.0 Å². The van der Waals surface area contributed by atoms with Crippen molar-refractivity contribution in [3.8, 4) is 5.75 Å². The third-order valence-electron chi connectivity index (χ3n) is 6.65. The highest BCUT2D eigenvalue weighted by Crippen LogP contribution is 2.27. The normalized spacial score (nSPS) is 11.9. The van der Waals surface area contributed by atoms with Crippen molar-refractivity contribution in [2.75, 3.05) is 31.0 Å². The quantitative estimate of drug-likeness (QED) is 0.271. The number of carbonyl (C=O) groups is 2. The highest BCUT2D eigenvalue weighted by molar-refractivity contribution is 7.92. The molecular weight excluding hydrogens is 526 g/mol. The van der Waals surface area contributed by atoms with Crippen LogP contribution in [0.1, 0.15) is 38.7 Å². The van der Waals surface area contributed by atoms with Gasteiger partial charge in [-0.3, -0.25) is 13.9 Å². The molecule has 0 saturated carbocycles. The van der Waals surface area contributed by atoms with E-state index in [1.165, 1.54) is 24.1 Å². The molecule has 3 rings (SSSR count). The maximum Gasteiger partial charge on any atom is 0.264 e. The monoisotopic (exact) mass is 565 g/mol. The molecule has 0 aliphatic carbocycles. The van der Waals surface area contributed by atoms with Crippen molar-refractivity contribution in [1.82, 2.24) is 10.2 Å². The van der Waals surface area contributed by atoms with Gasteiger partial charge in [0.1, 0.15) is 18.3 Å². The number of hydrogen-bond acceptors (Lipinski definition) is 5. The van der Waals surface area contributed by atoms with E-state index in [0.29, 0.717) is 30.8 Å². The molecule has 9 heteroatoms. The Morgan fingerprint density at radius 1 is 0.925 bits per heavy atom. The van der Waals surface area contributed by atoms with E-state index in [-0.39, 0.29) is 17.3 Å². The molecule has 2 amide bonds. The lowest BCUT2D eigenvalue weighted by atomic mass is 10.1. The Labute approximate surface area is 238 Å². The summed E-state index contributed by atoms with van der Waals surface area (Å²) in [5.74, 6) is -0.243. The fourth-order valence-corrected chi connectivity index (χ4v) is 5.84. The number of carbonyl (C=O) groups excluding carboxylic acids is 2. The zero-order valence-electron chi connectivity index (χ0n) is 23.5. The minimum Gasteiger partial charge on any atom is -0.497 e. The summed E-state index contributed by atoms with van der Waals surface area (Å²) in [5, 5.41) is 2.94. The highest BCUT2D eigenvalue weighted by atomic mass is 32.2. The van der Waals surface area contributed by atoms with Gasteiger partial charge in [0.25, 0.3) is 10.0 Å². The highest BCUT2D eigenvalue weighted by Gasteiger charge is 2.33. The van der Waals surface area contributed by atoms with E-state index >= 15 is 0 Å². The average Bonchev–Trinajstić information content (AvgIpc) is 2.98. The number of hydrogen-bond donors (Lipinski definition) is 1. The largest absolute Gasteiger partial charge is 0.497 e. The van der Waals surface area contributed by atoms with Crippen LogP contribution in [-0.4, -0.2) is 57.9 Å². The molecule has 1 unspecified atom stereocenters. The summed E-state index contributed by atoms with van der Waals surface area (Å²) in [6, 6.07) is 23.5. The fraction of sp³-hybridized carbons (Fsp3) is 0.355. The molecule has 3 aromatic rings. The summed E-state index contributed by atoms with van der Waals surface area (Å²) >= 11 is 0. The molecule has 1 N–H and O–H groups in total. The predicted octanol–water partition coefficient (Wildman–Crippen LogP) is 4.66. The van der Waals surface area contributed by atoms with E-state index in [1.54, 1.807) is 42.5 Å². The lowest BCUT2D eigenvalue weighted by Gasteiger charge is -2.33. The van der Waals surface area contributed by atoms with Crippen LogP contribution in [0.25, 0.3) is 0 Å². The molecule has 1 atom stereocenters. The molecule has 214 valence electrons. The Kier molecular flexibility index (Phi) is 11.6. The molecule has 0 spiro atoms. The molecule has 8 nitrogen and oxygen atoms in total. The number of benzene rings is 3. The first kappa shape index (κ1) is 30.7. The SMILES string of the molecule is CCCCNC(=O)C(CC)N(CCc1ccccc1)C(=O)CN(c1cccc(OC)c1)S(=O)(=O)c1ccccc1. The van der Waals surface area contributed by atoms with E-state index in [2.05, 4.69) is 5.32 Å². The number of anilines is 1. The molecule has 0 radical (unpaired) electrons. The minimum atomic E-state index is -4.12. The Bertz CT molecular complexity index is 1330. The summed E-state index contributed by atoms with van der Waals surface area (Å²) in [5.41, 5.74) is 1.31. The van der Waals surface area contributed by atoms with Gasteiger partial charge in [-0.2, -0.15) is 0 Å². The molecule has 3 aromatic carbocycles. The van der Waals surface area contributed by atoms with Crippen molar-refractivity contribution in [3.05, 3.63) is 90.5 Å². The third-order valence-corrected chi connectivity index (χ3v) is 8.44. The molecule has 0 bridgehead atoms. The van der Waals surface area contributed by atoms with E-state index in [4.69, 9.17) is 4.74 Å². The lowest BCUT2D eigenvalue weighted by Crippen LogP contribution is -2.53. The van der Waals surface area contributed by atoms with E-state index in [9.17, 15) is 18.0 Å². The summed E-state index contributed by atoms with van der Waals surface area (Å²) in [6.07, 6.45) is 2.68. The van der Waals surface area contributed by atoms with Crippen LogP contribution in [0.15, 0.2) is 89.8 Å². The molecule has 0 aliphatic heterocycles. The van der Waals surface area contributed by atoms with Gasteiger partial charge in [-0.1, -0.05) is 74.9 Å². The van der Waals surface area contributed by atoms with Gasteiger partial charge < -0.3 is 15.0 Å². The molecule has 0 saturated heterocycles. The van der Waals surface area contributed by atoms with E-state index in [0.717, 1.165) is 22.7 Å². The number of ether oxygens (including phenoxy) is 1. The van der Waals surface area contributed by atoms with Crippen molar-refractivity contribution in [2.45, 2.75) is 50.5 Å². The predicted molar refractivity (Wildman–Crippen MR) is 158 cm³/mol. The Hall–Kier alpha value is -3.85. The van der Waals surface area contributed by atoms with E-state index in [1.807, 2.05) is 44.2 Å². The zero-order valence-corrected chi connectivity index (χ0v) is 24.3. The summed E-state index contributed by atoms with van der Waals surface area (Å²) in [6.45, 7) is 4.20. The van der Waals surface area contributed by atoms with Gasteiger partial charge in [-0.15, -0.1) is 0 Å². The molecular formula is C31H39N3O5S. The smallest absolute Gasteiger partial charge is 0.264 e. The second-order valence-electron chi connectivity index (χ2n) is 9.42. The van der Waals surface area contributed by atoms with Crippen LogP contribution in [0.4, 0.5) is 5.69 Å². The fourth-order valence-electron chi connectivity index (χ4n) is 4.42. The third kappa shape index (κ3) is 8.08. The minimum absolute atomic E-state index is 0.0609. The van der Waals surface area contributed by atoms with Crippen molar-refractivity contribution in [3.63, 3.8) is 0 Å². The van der Waals surface area contributed by atoms with Gasteiger partial charge >= 0.3 is 0 Å². The molecule has 40 heavy (non-hydrogen) atoms. The maximum absolute atomic E-state index is 14.0. The van der Waals surface area contributed by atoms with Crippen LogP contribution in [0, 0.1) is 0 Å². The van der Waals surface area contributed by atoms with Crippen molar-refractivity contribution >= 4 is 27.5 Å². The van der Waals surface area contributed by atoms with Crippen molar-refractivity contribution < 1.29 is 22.7 Å². The number of unbranched alkanes of at least 4 members (excludes halogenated alkanes) is 1. The van der Waals surface area contributed by atoms with Crippen LogP contribution in [0.5, 0.6) is 5.75 Å². The second kappa shape index (κ2) is 15.1. The Morgan fingerprint density at radius 3 is 2.23 bits per heavy atom. The summed E-state index contributed by atoms with van der Waals surface area (Å²) < 4.78 is 34.1. The number of sulfonamides is 1. The number of rotatable bonds is 15. The molecule has 0 aromatic heterocycles.